The van der Waals surface area contributed by atoms with Crippen molar-refractivity contribution in [3.05, 3.63) is 59.9 Å². The average Bonchev–Trinajstić information content (AvgIpc) is 3.06. The highest BCUT2D eigenvalue weighted by Gasteiger charge is 2.10. The first kappa shape index (κ1) is 15.9. The highest BCUT2D eigenvalue weighted by atomic mass is 16.5. The van der Waals surface area contributed by atoms with Gasteiger partial charge in [0.2, 0.25) is 0 Å². The minimum absolute atomic E-state index is 0.173. The number of rotatable bonds is 5. The van der Waals surface area contributed by atoms with Gasteiger partial charge < -0.3 is 14.6 Å². The van der Waals surface area contributed by atoms with Gasteiger partial charge in [-0.3, -0.25) is 4.68 Å². The van der Waals surface area contributed by atoms with Crippen LogP contribution >= 0.6 is 0 Å². The van der Waals surface area contributed by atoms with E-state index in [9.17, 15) is 5.11 Å². The first-order chi connectivity index (χ1) is 11.6. The largest absolute Gasteiger partial charge is 0.504 e. The lowest BCUT2D eigenvalue weighted by Crippen LogP contribution is -1.99. The molecule has 1 N–H and O–H groups in total. The molecule has 0 atom stereocenters. The Morgan fingerprint density at radius 2 is 1.79 bits per heavy atom. The van der Waals surface area contributed by atoms with Crippen molar-refractivity contribution in [1.82, 2.24) is 9.78 Å². The van der Waals surface area contributed by atoms with Crippen LogP contribution in [0.2, 0.25) is 0 Å². The lowest BCUT2D eigenvalue weighted by atomic mass is 10.1. The molecule has 0 aliphatic rings. The molecule has 1 heterocycles. The molecule has 0 aliphatic carbocycles. The molecule has 0 spiro atoms. The van der Waals surface area contributed by atoms with Crippen LogP contribution in [0.25, 0.3) is 11.1 Å². The number of methoxy groups -OCH3 is 2. The standard InChI is InChI=1S/C19H20N2O3/c1-13-8-15(9-18(24-3)19(13)22)16-10-20-21(12-16)11-14-4-6-17(23-2)7-5-14/h4-10,12,22H,11H2,1-3H3. The predicted octanol–water partition coefficient (Wildman–Crippen LogP) is 3.63. The molecule has 0 aliphatic heterocycles. The SMILES string of the molecule is COc1ccc(Cn2cc(-c3cc(C)c(O)c(OC)c3)cn2)cc1. The molecule has 5 nitrogen and oxygen atoms in total. The fraction of sp³-hybridized carbons (Fsp3) is 0.211. The number of hydrogen-bond donors (Lipinski definition) is 1. The molecule has 0 fully saturated rings. The summed E-state index contributed by atoms with van der Waals surface area (Å²) < 4.78 is 12.3. The van der Waals surface area contributed by atoms with Gasteiger partial charge >= 0.3 is 0 Å². The van der Waals surface area contributed by atoms with Crippen LogP contribution in [0.4, 0.5) is 0 Å². The molecule has 3 aromatic rings. The quantitative estimate of drug-likeness (QED) is 0.778. The van der Waals surface area contributed by atoms with Crippen molar-refractivity contribution < 1.29 is 14.6 Å². The van der Waals surface area contributed by atoms with Crippen molar-refractivity contribution in [3.8, 4) is 28.4 Å². The fourth-order valence-electron chi connectivity index (χ4n) is 2.59. The number of phenols is 1. The second-order valence-electron chi connectivity index (χ2n) is 5.62. The third-order valence-electron chi connectivity index (χ3n) is 3.96. The second kappa shape index (κ2) is 6.66. The molecule has 0 amide bonds. The molecule has 5 heteroatoms. The number of aromatic hydroxyl groups is 1. The number of benzene rings is 2. The normalized spacial score (nSPS) is 10.6. The van der Waals surface area contributed by atoms with Gasteiger partial charge in [-0.1, -0.05) is 12.1 Å². The summed E-state index contributed by atoms with van der Waals surface area (Å²) in [6, 6.07) is 11.7. The average molecular weight is 324 g/mol. The maximum Gasteiger partial charge on any atom is 0.161 e. The van der Waals surface area contributed by atoms with Crippen LogP contribution < -0.4 is 9.47 Å². The highest BCUT2D eigenvalue weighted by Crippen LogP contribution is 2.34. The van der Waals surface area contributed by atoms with Gasteiger partial charge in [0.1, 0.15) is 5.75 Å². The number of nitrogens with zero attached hydrogens (tertiary/aromatic N) is 2. The number of phenolic OH excluding ortho intramolecular Hbond substituents is 1. The van der Waals surface area contributed by atoms with Crippen LogP contribution in [0.3, 0.4) is 0 Å². The summed E-state index contributed by atoms with van der Waals surface area (Å²) >= 11 is 0. The Balaban J connectivity index is 1.83. The van der Waals surface area contributed by atoms with Gasteiger partial charge in [0.15, 0.2) is 11.5 Å². The van der Waals surface area contributed by atoms with Crippen molar-refractivity contribution in [3.63, 3.8) is 0 Å². The summed E-state index contributed by atoms with van der Waals surface area (Å²) in [5.74, 6) is 1.48. The van der Waals surface area contributed by atoms with Gasteiger partial charge in [-0.25, -0.2) is 0 Å². The van der Waals surface area contributed by atoms with E-state index in [2.05, 4.69) is 5.10 Å². The lowest BCUT2D eigenvalue weighted by Gasteiger charge is -2.08. The monoisotopic (exact) mass is 324 g/mol. The van der Waals surface area contributed by atoms with Crippen LogP contribution in [-0.4, -0.2) is 29.1 Å². The molecule has 124 valence electrons. The van der Waals surface area contributed by atoms with Gasteiger partial charge in [0, 0.05) is 11.8 Å². The van der Waals surface area contributed by atoms with E-state index in [1.54, 1.807) is 14.2 Å². The molecule has 0 saturated heterocycles. The Kier molecular flexibility index (Phi) is 4.42. The van der Waals surface area contributed by atoms with Crippen molar-refractivity contribution in [2.24, 2.45) is 0 Å². The summed E-state index contributed by atoms with van der Waals surface area (Å²) in [6.07, 6.45) is 3.80. The number of hydrogen-bond acceptors (Lipinski definition) is 4. The van der Waals surface area contributed by atoms with Gasteiger partial charge in [-0.05, 0) is 47.9 Å². The molecule has 0 radical (unpaired) electrons. The van der Waals surface area contributed by atoms with Crippen molar-refractivity contribution >= 4 is 0 Å². The number of aromatic nitrogens is 2. The van der Waals surface area contributed by atoms with E-state index in [4.69, 9.17) is 9.47 Å². The van der Waals surface area contributed by atoms with E-state index in [1.165, 1.54) is 0 Å². The van der Waals surface area contributed by atoms with Crippen LogP contribution in [0.5, 0.6) is 17.2 Å². The van der Waals surface area contributed by atoms with Crippen LogP contribution in [-0.2, 0) is 6.54 Å². The van der Waals surface area contributed by atoms with Crippen molar-refractivity contribution in [2.75, 3.05) is 14.2 Å². The Bertz CT molecular complexity index is 838. The van der Waals surface area contributed by atoms with Crippen LogP contribution in [0.15, 0.2) is 48.8 Å². The zero-order valence-electron chi connectivity index (χ0n) is 14.0. The Labute approximate surface area is 141 Å². The zero-order chi connectivity index (χ0) is 17.1. The third-order valence-corrected chi connectivity index (χ3v) is 3.96. The molecular formula is C19H20N2O3. The van der Waals surface area contributed by atoms with E-state index >= 15 is 0 Å². The van der Waals surface area contributed by atoms with E-state index in [-0.39, 0.29) is 5.75 Å². The summed E-state index contributed by atoms with van der Waals surface area (Å²) in [4.78, 5) is 0. The Morgan fingerprint density at radius 1 is 1.04 bits per heavy atom. The first-order valence-corrected chi connectivity index (χ1v) is 7.64. The topological polar surface area (TPSA) is 56.5 Å². The molecule has 0 bridgehead atoms. The summed E-state index contributed by atoms with van der Waals surface area (Å²) in [5, 5.41) is 14.4. The summed E-state index contributed by atoms with van der Waals surface area (Å²) in [7, 11) is 3.20. The smallest absolute Gasteiger partial charge is 0.161 e. The highest BCUT2D eigenvalue weighted by molar-refractivity contribution is 5.67. The van der Waals surface area contributed by atoms with Gasteiger partial charge in [0.25, 0.3) is 0 Å². The minimum atomic E-state index is 0.173. The molecule has 2 aromatic carbocycles. The molecule has 3 rings (SSSR count). The second-order valence-corrected chi connectivity index (χ2v) is 5.62. The Hall–Kier alpha value is -2.95. The van der Waals surface area contributed by atoms with E-state index < -0.39 is 0 Å². The first-order valence-electron chi connectivity index (χ1n) is 7.64. The molecule has 0 unspecified atom stereocenters. The number of aryl methyl sites for hydroxylation is 1. The maximum absolute atomic E-state index is 9.96. The fourth-order valence-corrected chi connectivity index (χ4v) is 2.59. The predicted molar refractivity (Wildman–Crippen MR) is 92.7 cm³/mol. The van der Waals surface area contributed by atoms with E-state index in [0.29, 0.717) is 12.3 Å². The molecule has 24 heavy (non-hydrogen) atoms. The van der Waals surface area contributed by atoms with Gasteiger partial charge in [0.05, 0.1) is 27.0 Å². The lowest BCUT2D eigenvalue weighted by molar-refractivity contribution is 0.372. The third kappa shape index (κ3) is 3.20. The molecule has 1 aromatic heterocycles. The minimum Gasteiger partial charge on any atom is -0.504 e. The van der Waals surface area contributed by atoms with E-state index in [1.807, 2.05) is 60.4 Å². The van der Waals surface area contributed by atoms with Gasteiger partial charge in [-0.2, -0.15) is 5.10 Å². The molecule has 0 saturated carbocycles. The van der Waals surface area contributed by atoms with Crippen molar-refractivity contribution in [1.29, 1.82) is 0 Å². The van der Waals surface area contributed by atoms with Crippen LogP contribution in [0, 0.1) is 6.92 Å². The summed E-state index contributed by atoms with van der Waals surface area (Å²) in [6.45, 7) is 2.53. The van der Waals surface area contributed by atoms with Gasteiger partial charge in [-0.15, -0.1) is 0 Å². The maximum atomic E-state index is 9.96. The summed E-state index contributed by atoms with van der Waals surface area (Å²) in [5.41, 5.74) is 3.85. The van der Waals surface area contributed by atoms with Crippen LogP contribution in [0.1, 0.15) is 11.1 Å². The Morgan fingerprint density at radius 3 is 2.46 bits per heavy atom. The zero-order valence-corrected chi connectivity index (χ0v) is 14.0. The van der Waals surface area contributed by atoms with Crippen molar-refractivity contribution in [2.45, 2.75) is 13.5 Å². The van der Waals surface area contributed by atoms with E-state index in [0.717, 1.165) is 28.0 Å². The molecular weight excluding hydrogens is 304 g/mol. The number of ether oxygens (including phenoxy) is 2.